The number of rotatable bonds is 11. The minimum absolute atomic E-state index is 0.288. The molecule has 242 valence electrons. The van der Waals surface area contributed by atoms with E-state index in [-0.39, 0.29) is 5.75 Å². The summed E-state index contributed by atoms with van der Waals surface area (Å²) in [6.07, 6.45) is -5.91. The van der Waals surface area contributed by atoms with Crippen molar-refractivity contribution in [1.82, 2.24) is 0 Å². The third kappa shape index (κ3) is 9.15. The Bertz CT molecular complexity index is 1410. The molecule has 0 radical (unpaired) electrons. The Morgan fingerprint density at radius 1 is 0.622 bits per heavy atom. The van der Waals surface area contributed by atoms with Crippen LogP contribution in [0.4, 0.5) is 0 Å². The summed E-state index contributed by atoms with van der Waals surface area (Å²) in [5.41, 5.74) is 4.10. The van der Waals surface area contributed by atoms with Crippen molar-refractivity contribution in [3.63, 3.8) is 0 Å². The highest BCUT2D eigenvalue weighted by molar-refractivity contribution is 5.91. The van der Waals surface area contributed by atoms with Crippen LogP contribution in [0.25, 0.3) is 11.1 Å². The fraction of sp³-hybridized carbons (Fsp3) is 0.424. The van der Waals surface area contributed by atoms with Crippen molar-refractivity contribution in [3.8, 4) is 11.5 Å². The zero-order chi connectivity index (χ0) is 33.3. The quantitative estimate of drug-likeness (QED) is 0.150. The van der Waals surface area contributed by atoms with E-state index in [0.717, 1.165) is 63.0 Å². The normalized spacial score (nSPS) is 21.4. The summed E-state index contributed by atoms with van der Waals surface area (Å²) in [4.78, 5) is 60.0. The van der Waals surface area contributed by atoms with Gasteiger partial charge < -0.3 is 33.2 Å². The maximum Gasteiger partial charge on any atom is 0.339 e. The maximum absolute atomic E-state index is 12.7. The number of ether oxygens (including phenoxy) is 7. The van der Waals surface area contributed by atoms with Gasteiger partial charge in [-0.1, -0.05) is 38.1 Å². The van der Waals surface area contributed by atoms with Crippen LogP contribution >= 0.6 is 0 Å². The number of hydrogen-bond acceptors (Lipinski definition) is 12. The molecule has 1 aliphatic rings. The van der Waals surface area contributed by atoms with Crippen molar-refractivity contribution >= 4 is 41.0 Å². The summed E-state index contributed by atoms with van der Waals surface area (Å²) < 4.78 is 38.0. The molecular weight excluding hydrogens is 588 g/mol. The van der Waals surface area contributed by atoms with E-state index >= 15 is 0 Å². The Morgan fingerprint density at radius 3 is 1.49 bits per heavy atom. The van der Waals surface area contributed by atoms with E-state index in [2.05, 4.69) is 6.92 Å². The first-order valence-electron chi connectivity index (χ1n) is 14.4. The molecule has 0 spiro atoms. The zero-order valence-corrected chi connectivity index (χ0v) is 26.3. The highest BCUT2D eigenvalue weighted by Crippen LogP contribution is 2.35. The molecule has 0 bridgehead atoms. The summed E-state index contributed by atoms with van der Waals surface area (Å²) in [7, 11) is 1.11. The first kappa shape index (κ1) is 34.8. The van der Waals surface area contributed by atoms with Gasteiger partial charge in [0.05, 0.1) is 7.11 Å². The molecule has 1 fully saturated rings. The Morgan fingerprint density at radius 2 is 1.07 bits per heavy atom. The van der Waals surface area contributed by atoms with E-state index in [1.165, 1.54) is 6.92 Å². The van der Waals surface area contributed by atoms with Gasteiger partial charge in [-0.25, -0.2) is 4.79 Å². The third-order valence-corrected chi connectivity index (χ3v) is 6.83. The zero-order valence-electron chi connectivity index (χ0n) is 26.3. The molecule has 0 N–H and O–H groups in total. The van der Waals surface area contributed by atoms with Crippen molar-refractivity contribution in [3.05, 3.63) is 59.7 Å². The van der Waals surface area contributed by atoms with Crippen LogP contribution in [0.2, 0.25) is 0 Å². The van der Waals surface area contributed by atoms with Crippen LogP contribution in [0.15, 0.2) is 48.5 Å². The Kier molecular flexibility index (Phi) is 12.2. The molecule has 1 saturated heterocycles. The lowest BCUT2D eigenvalue weighted by Crippen LogP contribution is -2.64. The highest BCUT2D eigenvalue weighted by Gasteiger charge is 2.55. The molecule has 5 atom stereocenters. The average Bonchev–Trinajstić information content (AvgIpc) is 2.98. The van der Waals surface area contributed by atoms with Crippen LogP contribution in [0.5, 0.6) is 11.5 Å². The molecule has 12 heteroatoms. The monoisotopic (exact) mass is 626 g/mol. The second-order valence-corrected chi connectivity index (χ2v) is 10.1. The SMILES string of the molecule is CCC(=C(CC)c1ccc(OC2O[C@H](C(=O)OC)[C@@H](OC(C)=O)[C@H](OC(C)=O)[C@H]2OC(C)=O)cc1)c1ccc(OC(C)=O)cc1. The van der Waals surface area contributed by atoms with Gasteiger partial charge >= 0.3 is 29.8 Å². The molecule has 1 aliphatic heterocycles. The summed E-state index contributed by atoms with van der Waals surface area (Å²) in [5.74, 6) is -2.90. The maximum atomic E-state index is 12.7. The molecule has 12 nitrogen and oxygen atoms in total. The Hall–Kier alpha value is -4.71. The third-order valence-electron chi connectivity index (χ3n) is 6.83. The minimum atomic E-state index is -1.56. The first-order valence-corrected chi connectivity index (χ1v) is 14.4. The summed E-state index contributed by atoms with van der Waals surface area (Å²) in [6.45, 7) is 8.80. The number of benzene rings is 2. The fourth-order valence-corrected chi connectivity index (χ4v) is 5.12. The van der Waals surface area contributed by atoms with Crippen LogP contribution in [0, 0.1) is 0 Å². The van der Waals surface area contributed by atoms with Crippen molar-refractivity contribution in [1.29, 1.82) is 0 Å². The Labute approximate surface area is 261 Å². The molecule has 0 aliphatic carbocycles. The van der Waals surface area contributed by atoms with Gasteiger partial charge in [0, 0.05) is 27.7 Å². The number of allylic oxidation sites excluding steroid dienone is 2. The number of carbonyl (C=O) groups excluding carboxylic acids is 5. The van der Waals surface area contributed by atoms with Crippen LogP contribution in [-0.4, -0.2) is 67.7 Å². The lowest BCUT2D eigenvalue weighted by molar-refractivity contribution is -0.282. The van der Waals surface area contributed by atoms with Gasteiger partial charge in [0.25, 0.3) is 0 Å². The van der Waals surface area contributed by atoms with Gasteiger partial charge in [-0.05, 0) is 59.4 Å². The number of esters is 5. The predicted octanol–water partition coefficient (Wildman–Crippen LogP) is 4.41. The number of methoxy groups -OCH3 is 1. The second kappa shape index (κ2) is 15.8. The summed E-state index contributed by atoms with van der Waals surface area (Å²) in [5, 5.41) is 0. The van der Waals surface area contributed by atoms with Crippen molar-refractivity contribution < 1.29 is 57.1 Å². The molecule has 0 aromatic heterocycles. The molecule has 0 amide bonds. The van der Waals surface area contributed by atoms with Crippen LogP contribution in [0.3, 0.4) is 0 Å². The second-order valence-electron chi connectivity index (χ2n) is 10.1. The predicted molar refractivity (Wildman–Crippen MR) is 160 cm³/mol. The standard InChI is InChI=1S/C33H38O12/c1-8-26(22-10-14-24(15-11-22)40-18(3)34)27(9-2)23-12-16-25(17-13-23)44-33-31(43-21(6)37)29(42-20(5)36)28(41-19(4)35)30(45-33)32(38)39-7/h10-17,28-31,33H,8-9H2,1-7H3/t28-,29-,30-,31+,33?/m0/s1. The fourth-order valence-electron chi connectivity index (χ4n) is 5.12. The molecule has 2 aromatic rings. The summed E-state index contributed by atoms with van der Waals surface area (Å²) >= 11 is 0. The van der Waals surface area contributed by atoms with Crippen LogP contribution in [-0.2, 0) is 47.7 Å². The van der Waals surface area contributed by atoms with E-state index in [4.69, 9.17) is 33.2 Å². The molecule has 0 saturated carbocycles. The Balaban J connectivity index is 1.96. The van der Waals surface area contributed by atoms with Crippen molar-refractivity contribution in [2.45, 2.75) is 85.1 Å². The minimum Gasteiger partial charge on any atom is -0.467 e. The molecule has 45 heavy (non-hydrogen) atoms. The lowest BCUT2D eigenvalue weighted by atomic mass is 9.91. The van der Waals surface area contributed by atoms with Gasteiger partial charge in [0.1, 0.15) is 11.5 Å². The molecule has 3 rings (SSSR count). The topological polar surface area (TPSA) is 150 Å². The van der Waals surface area contributed by atoms with E-state index < -0.39 is 60.6 Å². The lowest BCUT2D eigenvalue weighted by Gasteiger charge is -2.43. The van der Waals surface area contributed by atoms with Gasteiger partial charge in [-0.3, -0.25) is 19.2 Å². The molecule has 1 unspecified atom stereocenters. The van der Waals surface area contributed by atoms with E-state index in [1.54, 1.807) is 24.3 Å². The van der Waals surface area contributed by atoms with E-state index in [9.17, 15) is 24.0 Å². The number of carbonyl (C=O) groups is 5. The van der Waals surface area contributed by atoms with Gasteiger partial charge in [0.2, 0.25) is 12.4 Å². The first-order chi connectivity index (χ1) is 21.4. The number of hydrogen-bond donors (Lipinski definition) is 0. The van der Waals surface area contributed by atoms with Gasteiger partial charge in [-0.15, -0.1) is 0 Å². The summed E-state index contributed by atoms with van der Waals surface area (Å²) in [6, 6.07) is 14.4. The smallest absolute Gasteiger partial charge is 0.339 e. The molecule has 2 aromatic carbocycles. The van der Waals surface area contributed by atoms with Gasteiger partial charge in [-0.2, -0.15) is 0 Å². The average molecular weight is 627 g/mol. The van der Waals surface area contributed by atoms with E-state index in [0.29, 0.717) is 5.75 Å². The van der Waals surface area contributed by atoms with Gasteiger partial charge in [0.15, 0.2) is 18.3 Å². The van der Waals surface area contributed by atoms with Crippen molar-refractivity contribution in [2.75, 3.05) is 7.11 Å². The highest BCUT2D eigenvalue weighted by atomic mass is 16.7. The molecule has 1 heterocycles. The van der Waals surface area contributed by atoms with E-state index in [1.807, 2.05) is 31.2 Å². The largest absolute Gasteiger partial charge is 0.467 e. The van der Waals surface area contributed by atoms with Crippen LogP contribution in [0.1, 0.15) is 65.5 Å². The molecular formula is C33H38O12. The van der Waals surface area contributed by atoms with Crippen molar-refractivity contribution in [2.24, 2.45) is 0 Å². The van der Waals surface area contributed by atoms with Crippen LogP contribution < -0.4 is 9.47 Å².